The van der Waals surface area contributed by atoms with E-state index in [1.54, 1.807) is 16.7 Å². The van der Waals surface area contributed by atoms with Crippen molar-refractivity contribution in [2.45, 2.75) is 13.1 Å². The SMILES string of the molecule is CS(=O)(=O)NCc1nnc2n1-c1ccc(Cl)cc1C(c1ccccc1Cl)=NC2. The largest absolute Gasteiger partial charge is 0.280 e. The Balaban J connectivity index is 1.89. The number of hydrogen-bond donors (Lipinski definition) is 1. The van der Waals surface area contributed by atoms with Crippen LogP contribution in [-0.4, -0.2) is 35.1 Å². The minimum Gasteiger partial charge on any atom is -0.280 e. The Kier molecular flexibility index (Phi) is 4.96. The summed E-state index contributed by atoms with van der Waals surface area (Å²) in [5.41, 5.74) is 2.99. The van der Waals surface area contributed by atoms with Gasteiger partial charge < -0.3 is 0 Å². The van der Waals surface area contributed by atoms with Crippen molar-refractivity contribution < 1.29 is 8.42 Å². The summed E-state index contributed by atoms with van der Waals surface area (Å²) in [6.07, 6.45) is 1.10. The molecule has 28 heavy (non-hydrogen) atoms. The molecule has 1 aromatic heterocycles. The Morgan fingerprint density at radius 1 is 1.11 bits per heavy atom. The number of rotatable bonds is 4. The summed E-state index contributed by atoms with van der Waals surface area (Å²) < 4.78 is 27.3. The van der Waals surface area contributed by atoms with Crippen molar-refractivity contribution >= 4 is 38.9 Å². The first kappa shape index (κ1) is 19.1. The number of nitrogens with zero attached hydrogens (tertiary/aromatic N) is 4. The van der Waals surface area contributed by atoms with Gasteiger partial charge in [-0.3, -0.25) is 9.56 Å². The maximum Gasteiger partial charge on any atom is 0.209 e. The molecule has 0 amide bonds. The Hall–Kier alpha value is -2.26. The van der Waals surface area contributed by atoms with Crippen LogP contribution in [0.5, 0.6) is 0 Å². The summed E-state index contributed by atoms with van der Waals surface area (Å²) in [6, 6.07) is 12.8. The van der Waals surface area contributed by atoms with E-state index in [0.717, 1.165) is 23.1 Å². The van der Waals surface area contributed by atoms with Crippen LogP contribution in [0.4, 0.5) is 0 Å². The van der Waals surface area contributed by atoms with Gasteiger partial charge in [-0.15, -0.1) is 10.2 Å². The highest BCUT2D eigenvalue weighted by Gasteiger charge is 2.24. The lowest BCUT2D eigenvalue weighted by atomic mass is 10.0. The maximum atomic E-state index is 11.5. The normalized spacial score (nSPS) is 13.5. The lowest BCUT2D eigenvalue weighted by Gasteiger charge is -2.14. The van der Waals surface area contributed by atoms with Gasteiger partial charge in [0.25, 0.3) is 0 Å². The predicted molar refractivity (Wildman–Crippen MR) is 109 cm³/mol. The number of sulfonamides is 1. The number of halogens is 2. The highest BCUT2D eigenvalue weighted by Crippen LogP contribution is 2.30. The number of nitrogens with one attached hydrogen (secondary N) is 1. The molecule has 1 aliphatic rings. The van der Waals surface area contributed by atoms with Crippen molar-refractivity contribution in [2.24, 2.45) is 4.99 Å². The van der Waals surface area contributed by atoms with Gasteiger partial charge in [0.1, 0.15) is 6.54 Å². The zero-order chi connectivity index (χ0) is 19.9. The third-order valence-corrected chi connectivity index (χ3v) is 5.49. The van der Waals surface area contributed by atoms with Crippen molar-refractivity contribution in [3.63, 3.8) is 0 Å². The molecular weight excluding hydrogens is 421 g/mol. The van der Waals surface area contributed by atoms with Crippen LogP contribution in [0.2, 0.25) is 10.0 Å². The van der Waals surface area contributed by atoms with Gasteiger partial charge in [0.15, 0.2) is 11.6 Å². The van der Waals surface area contributed by atoms with Crippen molar-refractivity contribution in [3.8, 4) is 5.69 Å². The lowest BCUT2D eigenvalue weighted by Crippen LogP contribution is -2.23. The van der Waals surface area contributed by atoms with E-state index in [9.17, 15) is 8.42 Å². The average molecular weight is 436 g/mol. The summed E-state index contributed by atoms with van der Waals surface area (Å²) in [5.74, 6) is 1.05. The van der Waals surface area contributed by atoms with Gasteiger partial charge >= 0.3 is 0 Å². The summed E-state index contributed by atoms with van der Waals surface area (Å²) >= 11 is 12.7. The Bertz CT molecular complexity index is 1200. The molecule has 0 radical (unpaired) electrons. The zero-order valence-electron chi connectivity index (χ0n) is 14.7. The topological polar surface area (TPSA) is 89.2 Å². The molecule has 0 atom stereocenters. The molecule has 1 N–H and O–H groups in total. The quantitative estimate of drug-likeness (QED) is 0.681. The van der Waals surface area contributed by atoms with Crippen molar-refractivity contribution in [1.82, 2.24) is 19.5 Å². The van der Waals surface area contributed by atoms with Crippen LogP contribution < -0.4 is 4.72 Å². The number of benzene rings is 2. The molecule has 4 rings (SSSR count). The highest BCUT2D eigenvalue weighted by atomic mass is 35.5. The third kappa shape index (κ3) is 3.68. The molecule has 1 aliphatic heterocycles. The molecule has 144 valence electrons. The van der Waals surface area contributed by atoms with E-state index in [1.165, 1.54) is 0 Å². The zero-order valence-corrected chi connectivity index (χ0v) is 17.1. The molecule has 3 aromatic rings. The van der Waals surface area contributed by atoms with Crippen LogP contribution >= 0.6 is 23.2 Å². The number of aromatic nitrogens is 3. The molecule has 0 spiro atoms. The van der Waals surface area contributed by atoms with E-state index in [-0.39, 0.29) is 13.1 Å². The van der Waals surface area contributed by atoms with Gasteiger partial charge in [0, 0.05) is 21.2 Å². The fraction of sp³-hybridized carbons (Fsp3) is 0.167. The van der Waals surface area contributed by atoms with E-state index in [1.807, 2.05) is 30.3 Å². The fourth-order valence-electron chi connectivity index (χ4n) is 3.06. The molecule has 0 unspecified atom stereocenters. The van der Waals surface area contributed by atoms with Crippen molar-refractivity contribution in [1.29, 1.82) is 0 Å². The second kappa shape index (κ2) is 7.29. The molecule has 10 heteroatoms. The molecule has 0 bridgehead atoms. The second-order valence-corrected chi connectivity index (χ2v) is 8.94. The summed E-state index contributed by atoms with van der Waals surface area (Å²) in [5, 5.41) is 9.45. The van der Waals surface area contributed by atoms with E-state index in [4.69, 9.17) is 28.2 Å². The van der Waals surface area contributed by atoms with Gasteiger partial charge in [-0.1, -0.05) is 41.4 Å². The van der Waals surface area contributed by atoms with Crippen LogP contribution in [0.3, 0.4) is 0 Å². The van der Waals surface area contributed by atoms with Gasteiger partial charge in [0.05, 0.1) is 24.2 Å². The van der Waals surface area contributed by atoms with Crippen LogP contribution in [0, 0.1) is 0 Å². The second-order valence-electron chi connectivity index (χ2n) is 6.27. The first-order valence-corrected chi connectivity index (χ1v) is 11.0. The van der Waals surface area contributed by atoms with Gasteiger partial charge in [-0.25, -0.2) is 13.1 Å². The number of fused-ring (bicyclic) bond motifs is 3. The van der Waals surface area contributed by atoms with Crippen molar-refractivity contribution in [3.05, 3.63) is 75.3 Å². The van der Waals surface area contributed by atoms with Crippen LogP contribution in [0.25, 0.3) is 5.69 Å². The Labute approximate surface area is 172 Å². The van der Waals surface area contributed by atoms with E-state index in [2.05, 4.69) is 14.9 Å². The van der Waals surface area contributed by atoms with Crippen molar-refractivity contribution in [2.75, 3.05) is 6.26 Å². The summed E-state index contributed by atoms with van der Waals surface area (Å²) in [6.45, 7) is 0.272. The molecule has 2 heterocycles. The molecule has 2 aromatic carbocycles. The Morgan fingerprint density at radius 2 is 1.89 bits per heavy atom. The smallest absolute Gasteiger partial charge is 0.209 e. The third-order valence-electron chi connectivity index (χ3n) is 4.25. The minimum atomic E-state index is -3.38. The fourth-order valence-corrected chi connectivity index (χ4v) is 3.84. The van der Waals surface area contributed by atoms with E-state index in [0.29, 0.717) is 27.4 Å². The highest BCUT2D eigenvalue weighted by molar-refractivity contribution is 7.88. The first-order chi connectivity index (χ1) is 13.3. The monoisotopic (exact) mass is 435 g/mol. The molecule has 0 saturated heterocycles. The number of aliphatic imine (C=N–C) groups is 1. The average Bonchev–Trinajstić information content (AvgIpc) is 2.97. The summed E-state index contributed by atoms with van der Waals surface area (Å²) in [7, 11) is -3.38. The molecule has 7 nitrogen and oxygen atoms in total. The summed E-state index contributed by atoms with van der Waals surface area (Å²) in [4.78, 5) is 4.71. The molecule has 0 saturated carbocycles. The Morgan fingerprint density at radius 3 is 2.64 bits per heavy atom. The molecule has 0 aliphatic carbocycles. The minimum absolute atomic E-state index is 0.00925. The van der Waals surface area contributed by atoms with Gasteiger partial charge in [-0.2, -0.15) is 0 Å². The van der Waals surface area contributed by atoms with E-state index >= 15 is 0 Å². The lowest BCUT2D eigenvalue weighted by molar-refractivity contribution is 0.584. The van der Waals surface area contributed by atoms with Gasteiger partial charge in [-0.05, 0) is 24.3 Å². The first-order valence-electron chi connectivity index (χ1n) is 8.31. The van der Waals surface area contributed by atoms with E-state index < -0.39 is 10.0 Å². The van der Waals surface area contributed by atoms with Gasteiger partial charge in [0.2, 0.25) is 10.0 Å². The maximum absolute atomic E-state index is 11.5. The van der Waals surface area contributed by atoms with Crippen LogP contribution in [-0.2, 0) is 23.1 Å². The predicted octanol–water partition coefficient (Wildman–Crippen LogP) is 2.97. The molecular formula is C18H15Cl2N5O2S. The molecule has 0 fully saturated rings. The standard InChI is InChI=1S/C18H15Cl2N5O2S/c1-28(26,27)22-10-17-24-23-16-9-21-18(12-4-2-3-5-14(12)20)13-8-11(19)6-7-15(13)25(16)17/h2-8,22H,9-10H2,1H3. The van der Waals surface area contributed by atoms with Crippen LogP contribution in [0.15, 0.2) is 47.5 Å². The van der Waals surface area contributed by atoms with Crippen LogP contribution in [0.1, 0.15) is 22.8 Å². The number of hydrogen-bond acceptors (Lipinski definition) is 5.